The van der Waals surface area contributed by atoms with Gasteiger partial charge in [-0.15, -0.1) is 0 Å². The van der Waals surface area contributed by atoms with Crippen LogP contribution in [0.2, 0.25) is 0 Å². The molecule has 2 unspecified atom stereocenters. The highest BCUT2D eigenvalue weighted by Gasteiger charge is 2.36. The number of carboxylic acid groups (broad SMARTS) is 1. The van der Waals surface area contributed by atoms with Crippen LogP contribution >= 0.6 is 0 Å². The van der Waals surface area contributed by atoms with Gasteiger partial charge >= 0.3 is 12.1 Å². The fourth-order valence-electron chi connectivity index (χ4n) is 4.69. The predicted molar refractivity (Wildman–Crippen MR) is 128 cm³/mol. The van der Waals surface area contributed by atoms with Crippen LogP contribution in [0.25, 0.3) is 11.1 Å². The summed E-state index contributed by atoms with van der Waals surface area (Å²) in [6, 6.07) is 14.9. The number of nitrogens with one attached hydrogen (secondary N) is 2. The van der Waals surface area contributed by atoms with Gasteiger partial charge in [0.25, 0.3) is 0 Å². The molecule has 2 amide bonds. The van der Waals surface area contributed by atoms with Crippen LogP contribution in [0.15, 0.2) is 60.7 Å². The van der Waals surface area contributed by atoms with Gasteiger partial charge in [0.15, 0.2) is 0 Å². The summed E-state index contributed by atoms with van der Waals surface area (Å²) in [5, 5.41) is 14.7. The summed E-state index contributed by atoms with van der Waals surface area (Å²) in [4.78, 5) is 36.9. The topological polar surface area (TPSA) is 105 Å². The van der Waals surface area contributed by atoms with Crippen molar-refractivity contribution in [2.75, 3.05) is 6.61 Å². The van der Waals surface area contributed by atoms with Crippen molar-refractivity contribution in [3.63, 3.8) is 0 Å². The molecule has 0 aliphatic heterocycles. The number of hydrogen-bond acceptors (Lipinski definition) is 4. The van der Waals surface area contributed by atoms with Gasteiger partial charge in [0.05, 0.1) is 5.92 Å². The average Bonchev–Trinajstić information content (AvgIpc) is 3.38. The Bertz CT molecular complexity index is 1090. The molecule has 7 nitrogen and oxygen atoms in total. The molecule has 2 aromatic carbocycles. The number of carboxylic acids is 1. The molecule has 0 fully saturated rings. The van der Waals surface area contributed by atoms with E-state index in [1.54, 1.807) is 12.2 Å². The van der Waals surface area contributed by atoms with Crippen LogP contribution in [-0.4, -0.2) is 41.8 Å². The minimum atomic E-state index is -0.919. The molecule has 0 saturated heterocycles. The summed E-state index contributed by atoms with van der Waals surface area (Å²) in [6.07, 6.45) is 2.90. The lowest BCUT2D eigenvalue weighted by molar-refractivity contribution is -0.140. The molecule has 2 aromatic rings. The second-order valence-corrected chi connectivity index (χ2v) is 9.95. The maximum absolute atomic E-state index is 13.0. The molecule has 0 heterocycles. The van der Waals surface area contributed by atoms with Crippen LogP contribution in [0.1, 0.15) is 44.2 Å². The third-order valence-corrected chi connectivity index (χ3v) is 6.46. The van der Waals surface area contributed by atoms with Gasteiger partial charge in [0, 0.05) is 12.0 Å². The number of amides is 2. The number of ether oxygens (including phenoxy) is 1. The molecule has 0 aromatic heterocycles. The number of rotatable bonds is 6. The number of alkyl carbamates (subject to hydrolysis) is 1. The number of aliphatic carboxylic acids is 1. The van der Waals surface area contributed by atoms with Gasteiger partial charge < -0.3 is 20.5 Å². The SMILES string of the molecule is CC(C)(C)[C@H](NC(=O)OCC1c2ccccc2-c2ccccc21)C(=O)NC1C=CC(C(=O)O)C1. The van der Waals surface area contributed by atoms with E-state index in [-0.39, 0.29) is 24.5 Å². The van der Waals surface area contributed by atoms with Gasteiger partial charge in [0.2, 0.25) is 5.91 Å². The van der Waals surface area contributed by atoms with Crippen molar-refractivity contribution in [2.24, 2.45) is 11.3 Å². The summed E-state index contributed by atoms with van der Waals surface area (Å²) in [5.41, 5.74) is 3.93. The van der Waals surface area contributed by atoms with Crippen LogP contribution in [0.3, 0.4) is 0 Å². The van der Waals surface area contributed by atoms with Gasteiger partial charge in [-0.3, -0.25) is 9.59 Å². The first-order valence-corrected chi connectivity index (χ1v) is 11.5. The van der Waals surface area contributed by atoms with Crippen molar-refractivity contribution in [2.45, 2.75) is 45.2 Å². The van der Waals surface area contributed by atoms with Gasteiger partial charge in [-0.05, 0) is 34.1 Å². The largest absolute Gasteiger partial charge is 0.481 e. The Balaban J connectivity index is 1.40. The smallest absolute Gasteiger partial charge is 0.407 e. The zero-order valence-corrected chi connectivity index (χ0v) is 19.6. The molecule has 0 spiro atoms. The van der Waals surface area contributed by atoms with Crippen molar-refractivity contribution >= 4 is 18.0 Å². The minimum Gasteiger partial charge on any atom is -0.481 e. The molecule has 2 aliphatic carbocycles. The maximum Gasteiger partial charge on any atom is 0.407 e. The van der Waals surface area contributed by atoms with E-state index >= 15 is 0 Å². The van der Waals surface area contributed by atoms with Crippen molar-refractivity contribution in [3.05, 3.63) is 71.8 Å². The lowest BCUT2D eigenvalue weighted by Gasteiger charge is -2.31. The second-order valence-electron chi connectivity index (χ2n) is 9.95. The molecule has 4 rings (SSSR count). The molecular weight excluding hydrogens is 432 g/mol. The van der Waals surface area contributed by atoms with Crippen LogP contribution in [0.4, 0.5) is 4.79 Å². The number of hydrogen-bond donors (Lipinski definition) is 3. The zero-order chi connectivity index (χ0) is 24.5. The maximum atomic E-state index is 13.0. The summed E-state index contributed by atoms with van der Waals surface area (Å²) in [6.45, 7) is 5.71. The fourth-order valence-corrected chi connectivity index (χ4v) is 4.69. The lowest BCUT2D eigenvalue weighted by Crippen LogP contribution is -2.55. The van der Waals surface area contributed by atoms with E-state index in [9.17, 15) is 14.4 Å². The molecule has 0 bridgehead atoms. The van der Waals surface area contributed by atoms with Crippen molar-refractivity contribution in [3.8, 4) is 11.1 Å². The highest BCUT2D eigenvalue weighted by atomic mass is 16.5. The Labute approximate surface area is 199 Å². The third-order valence-electron chi connectivity index (χ3n) is 6.46. The molecule has 178 valence electrons. The van der Waals surface area contributed by atoms with Crippen molar-refractivity contribution in [1.82, 2.24) is 10.6 Å². The molecule has 3 atom stereocenters. The zero-order valence-electron chi connectivity index (χ0n) is 19.6. The number of carbonyl (C=O) groups is 3. The van der Waals surface area contributed by atoms with Crippen LogP contribution in [0.5, 0.6) is 0 Å². The van der Waals surface area contributed by atoms with Gasteiger partial charge in [0.1, 0.15) is 12.6 Å². The van der Waals surface area contributed by atoms with E-state index in [4.69, 9.17) is 9.84 Å². The van der Waals surface area contributed by atoms with E-state index in [2.05, 4.69) is 22.8 Å². The summed E-state index contributed by atoms with van der Waals surface area (Å²) in [5.74, 6) is -1.98. The summed E-state index contributed by atoms with van der Waals surface area (Å²) in [7, 11) is 0. The van der Waals surface area contributed by atoms with Gasteiger partial charge in [-0.1, -0.05) is 81.5 Å². The number of fused-ring (bicyclic) bond motifs is 3. The molecule has 3 N–H and O–H groups in total. The second kappa shape index (κ2) is 9.33. The summed E-state index contributed by atoms with van der Waals surface area (Å²) < 4.78 is 5.61. The van der Waals surface area contributed by atoms with E-state index in [1.807, 2.05) is 57.2 Å². The first-order chi connectivity index (χ1) is 16.1. The van der Waals surface area contributed by atoms with Crippen LogP contribution in [0, 0.1) is 11.3 Å². The highest BCUT2D eigenvalue weighted by molar-refractivity contribution is 5.87. The molecule has 0 saturated carbocycles. The Morgan fingerprint density at radius 3 is 2.12 bits per heavy atom. The molecule has 2 aliphatic rings. The lowest BCUT2D eigenvalue weighted by atomic mass is 9.86. The number of carbonyl (C=O) groups excluding carboxylic acids is 2. The highest BCUT2D eigenvalue weighted by Crippen LogP contribution is 2.44. The van der Waals surface area contributed by atoms with E-state index in [0.29, 0.717) is 6.42 Å². The Morgan fingerprint density at radius 2 is 1.59 bits per heavy atom. The number of benzene rings is 2. The van der Waals surface area contributed by atoms with Gasteiger partial charge in [-0.25, -0.2) is 4.79 Å². The average molecular weight is 463 g/mol. The fraction of sp³-hybridized carbons (Fsp3) is 0.370. The Morgan fingerprint density at radius 1 is 1.00 bits per heavy atom. The minimum absolute atomic E-state index is 0.0726. The third kappa shape index (κ3) is 4.83. The normalized spacial score (nSPS) is 19.7. The van der Waals surface area contributed by atoms with Crippen LogP contribution in [-0.2, 0) is 14.3 Å². The van der Waals surface area contributed by atoms with Crippen molar-refractivity contribution in [1.29, 1.82) is 0 Å². The molecule has 0 radical (unpaired) electrons. The van der Waals surface area contributed by atoms with E-state index < -0.39 is 29.4 Å². The van der Waals surface area contributed by atoms with E-state index in [0.717, 1.165) is 22.3 Å². The molecular formula is C27H30N2O5. The van der Waals surface area contributed by atoms with Crippen LogP contribution < -0.4 is 10.6 Å². The Kier molecular flexibility index (Phi) is 6.46. The standard InChI is InChI=1S/C27H30N2O5/c1-27(2,3)23(24(30)28-17-13-12-16(14-17)25(31)32)29-26(33)34-15-22-20-10-6-4-8-18(20)19-9-5-7-11-21(19)22/h4-13,16-17,22-23H,14-15H2,1-3H3,(H,28,30)(H,29,33)(H,31,32)/t16?,17?,23-/m1/s1. The van der Waals surface area contributed by atoms with Crippen molar-refractivity contribution < 1.29 is 24.2 Å². The monoisotopic (exact) mass is 462 g/mol. The first-order valence-electron chi connectivity index (χ1n) is 11.5. The molecule has 7 heteroatoms. The van der Waals surface area contributed by atoms with Gasteiger partial charge in [-0.2, -0.15) is 0 Å². The summed E-state index contributed by atoms with van der Waals surface area (Å²) >= 11 is 0. The quantitative estimate of drug-likeness (QED) is 0.561. The Hall–Kier alpha value is -3.61. The predicted octanol–water partition coefficient (Wildman–Crippen LogP) is 4.09. The van der Waals surface area contributed by atoms with E-state index in [1.165, 1.54) is 0 Å². The first kappa shape index (κ1) is 23.5. The molecule has 34 heavy (non-hydrogen) atoms.